The molecule has 0 spiro atoms. The number of hydrogen-bond acceptors (Lipinski definition) is 8. The highest BCUT2D eigenvalue weighted by atomic mass is 79.9. The molecule has 226 valence electrons. The molecular weight excluding hydrogens is 644 g/mol. The van der Waals surface area contributed by atoms with Crippen LogP contribution in [0.15, 0.2) is 77.7 Å². The van der Waals surface area contributed by atoms with E-state index >= 15 is 4.39 Å². The molecule has 1 atom stereocenters. The Morgan fingerprint density at radius 2 is 1.95 bits per heavy atom. The van der Waals surface area contributed by atoms with E-state index in [-0.39, 0.29) is 24.8 Å². The Morgan fingerprint density at radius 3 is 2.70 bits per heavy atom. The predicted molar refractivity (Wildman–Crippen MR) is 164 cm³/mol. The van der Waals surface area contributed by atoms with Gasteiger partial charge in [0.15, 0.2) is 0 Å². The largest absolute Gasteiger partial charge is 0.490 e. The minimum Gasteiger partial charge on any atom is -0.490 e. The highest BCUT2D eigenvalue weighted by Gasteiger charge is 2.38. The van der Waals surface area contributed by atoms with E-state index in [0.29, 0.717) is 69.6 Å². The van der Waals surface area contributed by atoms with Crippen LogP contribution in [0.25, 0.3) is 10.9 Å². The van der Waals surface area contributed by atoms with E-state index < -0.39 is 21.3 Å². The van der Waals surface area contributed by atoms with Crippen molar-refractivity contribution in [2.75, 3.05) is 30.5 Å². The highest BCUT2D eigenvalue weighted by molar-refractivity contribution is 9.10. The van der Waals surface area contributed by atoms with Crippen LogP contribution in [-0.2, 0) is 31.5 Å². The molecule has 12 heteroatoms. The highest BCUT2D eigenvalue weighted by Crippen LogP contribution is 2.42. The molecule has 3 aromatic carbocycles. The van der Waals surface area contributed by atoms with Crippen LogP contribution in [0.1, 0.15) is 30.4 Å². The fraction of sp³-hybridized carbons (Fsp3) is 0.290. The molecule has 1 aromatic heterocycles. The number of hydrogen-bond donors (Lipinski definition) is 1. The van der Waals surface area contributed by atoms with Crippen LogP contribution < -0.4 is 10.1 Å². The molecule has 1 N–H and O–H groups in total. The molecule has 2 heterocycles. The van der Waals surface area contributed by atoms with E-state index in [1.165, 1.54) is 30.8 Å². The van der Waals surface area contributed by atoms with Gasteiger partial charge in [-0.2, -0.15) is 0 Å². The SMILES string of the molecule is CS(=O)(=O)CCOCCCC1(c2cc3c(Nc4ccc(OCc5cccc(F)c5)c(Br)c4)ncnc3cc2F)CC=CO1. The average molecular weight is 675 g/mol. The van der Waals surface area contributed by atoms with Crippen molar-refractivity contribution in [2.24, 2.45) is 0 Å². The first-order chi connectivity index (χ1) is 20.6. The zero-order valence-electron chi connectivity index (χ0n) is 23.4. The van der Waals surface area contributed by atoms with Gasteiger partial charge < -0.3 is 19.5 Å². The van der Waals surface area contributed by atoms with Crippen molar-refractivity contribution in [1.82, 2.24) is 9.97 Å². The monoisotopic (exact) mass is 673 g/mol. The molecule has 1 aliphatic rings. The molecule has 8 nitrogen and oxygen atoms in total. The van der Waals surface area contributed by atoms with Gasteiger partial charge in [0.05, 0.1) is 28.6 Å². The van der Waals surface area contributed by atoms with E-state index in [9.17, 15) is 12.8 Å². The van der Waals surface area contributed by atoms with Crippen molar-refractivity contribution < 1.29 is 31.4 Å². The summed E-state index contributed by atoms with van der Waals surface area (Å²) in [6.45, 7) is 0.639. The Hall–Kier alpha value is -3.61. The molecule has 0 amide bonds. The van der Waals surface area contributed by atoms with Crippen LogP contribution in [0.3, 0.4) is 0 Å². The summed E-state index contributed by atoms with van der Waals surface area (Å²) in [5.74, 6) is 0.252. The van der Waals surface area contributed by atoms with Crippen LogP contribution in [-0.4, -0.2) is 43.6 Å². The second-order valence-corrected chi connectivity index (χ2v) is 13.4. The fourth-order valence-corrected chi connectivity index (χ4v) is 5.77. The summed E-state index contributed by atoms with van der Waals surface area (Å²) in [4.78, 5) is 8.69. The molecular formula is C31H30BrF2N3O5S. The van der Waals surface area contributed by atoms with Crippen LogP contribution in [0.2, 0.25) is 0 Å². The van der Waals surface area contributed by atoms with Gasteiger partial charge in [-0.3, -0.25) is 0 Å². The summed E-state index contributed by atoms with van der Waals surface area (Å²) in [6.07, 6.45) is 7.43. The third kappa shape index (κ3) is 7.87. The van der Waals surface area contributed by atoms with Gasteiger partial charge in [-0.1, -0.05) is 12.1 Å². The number of sulfone groups is 1. The predicted octanol–water partition coefficient (Wildman–Crippen LogP) is 6.96. The zero-order chi connectivity index (χ0) is 30.5. The maximum Gasteiger partial charge on any atom is 0.149 e. The minimum absolute atomic E-state index is 0.0491. The maximum absolute atomic E-state index is 15.5. The molecule has 0 saturated carbocycles. The molecule has 43 heavy (non-hydrogen) atoms. The molecule has 5 rings (SSSR count). The number of nitrogens with zero attached hydrogens (tertiary/aromatic N) is 2. The van der Waals surface area contributed by atoms with Gasteiger partial charge in [-0.25, -0.2) is 27.2 Å². The number of rotatable bonds is 13. The first-order valence-corrected chi connectivity index (χ1v) is 16.4. The summed E-state index contributed by atoms with van der Waals surface area (Å²) in [7, 11) is -3.10. The third-order valence-corrected chi connectivity index (χ3v) is 8.53. The van der Waals surface area contributed by atoms with E-state index in [4.69, 9.17) is 14.2 Å². The smallest absolute Gasteiger partial charge is 0.149 e. The van der Waals surface area contributed by atoms with Gasteiger partial charge in [0.2, 0.25) is 0 Å². The van der Waals surface area contributed by atoms with Crippen molar-refractivity contribution in [2.45, 2.75) is 31.5 Å². The van der Waals surface area contributed by atoms with Gasteiger partial charge in [0.25, 0.3) is 0 Å². The summed E-state index contributed by atoms with van der Waals surface area (Å²) in [5.41, 5.74) is 1.29. The topological polar surface area (TPSA) is 99.6 Å². The first kappa shape index (κ1) is 30.8. The second kappa shape index (κ2) is 13.4. The van der Waals surface area contributed by atoms with Gasteiger partial charge in [0.1, 0.15) is 51.6 Å². The molecule has 0 bridgehead atoms. The van der Waals surface area contributed by atoms with Gasteiger partial charge in [-0.15, -0.1) is 0 Å². The number of aromatic nitrogens is 2. The number of ether oxygens (including phenoxy) is 3. The van der Waals surface area contributed by atoms with Crippen molar-refractivity contribution in [1.29, 1.82) is 0 Å². The number of anilines is 2. The van der Waals surface area contributed by atoms with Crippen LogP contribution in [0.4, 0.5) is 20.3 Å². The van der Waals surface area contributed by atoms with Gasteiger partial charge in [-0.05, 0) is 76.8 Å². The minimum atomic E-state index is -3.10. The van der Waals surface area contributed by atoms with E-state index in [1.54, 1.807) is 30.5 Å². The average Bonchev–Trinajstić information content (AvgIpc) is 3.43. The maximum atomic E-state index is 15.5. The van der Waals surface area contributed by atoms with Crippen molar-refractivity contribution in [3.8, 4) is 5.75 Å². The Balaban J connectivity index is 1.32. The second-order valence-electron chi connectivity index (χ2n) is 10.3. The summed E-state index contributed by atoms with van der Waals surface area (Å²) in [6, 6.07) is 14.8. The number of fused-ring (bicyclic) bond motifs is 1. The fourth-order valence-electron chi connectivity index (χ4n) is 4.85. The first-order valence-electron chi connectivity index (χ1n) is 13.6. The van der Waals surface area contributed by atoms with Crippen LogP contribution in [0.5, 0.6) is 5.75 Å². The summed E-state index contributed by atoms with van der Waals surface area (Å²) < 4.78 is 69.7. The Morgan fingerprint density at radius 1 is 1.09 bits per heavy atom. The summed E-state index contributed by atoms with van der Waals surface area (Å²) in [5, 5.41) is 3.90. The lowest BCUT2D eigenvalue weighted by Crippen LogP contribution is -2.27. The molecule has 1 unspecified atom stereocenters. The standard InChI is InChI=1S/C31H30BrF2N3O5S/c1-43(38,39)14-13-40-11-3-9-31(10-4-12-42-31)25-17-24-28(18-27(25)34)35-20-36-30(24)37-23-7-8-29(26(32)16-23)41-19-21-5-2-6-22(33)15-21/h2,4-8,12,15-18,20H,3,9-11,13-14,19H2,1H3,(H,35,36,37). The Labute approximate surface area is 257 Å². The van der Waals surface area contributed by atoms with Crippen LogP contribution in [0, 0.1) is 11.6 Å². The quantitative estimate of drug-likeness (QED) is 0.152. The lowest BCUT2D eigenvalue weighted by molar-refractivity contribution is 0.0181. The third-order valence-electron chi connectivity index (χ3n) is 7.00. The summed E-state index contributed by atoms with van der Waals surface area (Å²) >= 11 is 3.54. The van der Waals surface area contributed by atoms with Crippen LogP contribution >= 0.6 is 15.9 Å². The van der Waals surface area contributed by atoms with E-state index in [0.717, 1.165) is 0 Å². The van der Waals surface area contributed by atoms with Crippen molar-refractivity contribution >= 4 is 48.2 Å². The van der Waals surface area contributed by atoms with Crippen molar-refractivity contribution in [3.05, 3.63) is 100 Å². The molecule has 4 aromatic rings. The lowest BCUT2D eigenvalue weighted by atomic mass is 9.85. The molecule has 0 radical (unpaired) electrons. The lowest BCUT2D eigenvalue weighted by Gasteiger charge is -2.30. The molecule has 1 aliphatic heterocycles. The molecule has 0 saturated heterocycles. The molecule has 0 aliphatic carbocycles. The number of nitrogens with one attached hydrogen (secondary N) is 1. The zero-order valence-corrected chi connectivity index (χ0v) is 25.8. The number of benzene rings is 3. The van der Waals surface area contributed by atoms with Gasteiger partial charge in [0, 0.05) is 42.0 Å². The van der Waals surface area contributed by atoms with E-state index in [2.05, 4.69) is 31.2 Å². The van der Waals surface area contributed by atoms with E-state index in [1.807, 2.05) is 18.2 Å². The Bertz CT molecular complexity index is 1750. The number of halogens is 3. The Kier molecular flexibility index (Phi) is 9.58. The normalized spacial score (nSPS) is 16.4. The molecule has 0 fully saturated rings. The van der Waals surface area contributed by atoms with Crippen molar-refractivity contribution in [3.63, 3.8) is 0 Å². The van der Waals surface area contributed by atoms with Gasteiger partial charge >= 0.3 is 0 Å².